The fraction of sp³-hybridized carbons (Fsp3) is 0.385. The normalized spacial score (nSPS) is 16.0. The van der Waals surface area contributed by atoms with Gasteiger partial charge in [0.05, 0.1) is 15.1 Å². The van der Waals surface area contributed by atoms with Crippen LogP contribution in [-0.2, 0) is 0 Å². The van der Waals surface area contributed by atoms with Gasteiger partial charge in [0.15, 0.2) is 10.2 Å². The van der Waals surface area contributed by atoms with Crippen LogP contribution in [-0.4, -0.2) is 58.0 Å². The van der Waals surface area contributed by atoms with Crippen LogP contribution in [0.25, 0.3) is 10.2 Å². The number of thiocarbonyl (C=S) groups is 1. The molecular weight excluding hydrogens is 322 g/mol. The molecule has 2 heterocycles. The number of rotatable bonds is 2. The van der Waals surface area contributed by atoms with Gasteiger partial charge in [-0.15, -0.1) is 0 Å². The maximum Gasteiger partial charge on any atom is 0.270 e. The summed E-state index contributed by atoms with van der Waals surface area (Å²) in [7, 11) is 2.09. The number of nitrogens with one attached hydrogen (secondary N) is 1. The van der Waals surface area contributed by atoms with E-state index in [4.69, 9.17) is 12.2 Å². The number of nitro benzene ring substituents is 1. The monoisotopic (exact) mass is 337 g/mol. The molecular formula is C13H15N5O2S2. The third kappa shape index (κ3) is 3.16. The quantitative estimate of drug-likeness (QED) is 0.511. The Bertz CT molecular complexity index is 724. The highest BCUT2D eigenvalue weighted by Crippen LogP contribution is 2.29. The highest BCUT2D eigenvalue weighted by Gasteiger charge is 2.17. The van der Waals surface area contributed by atoms with Crippen LogP contribution in [0.4, 0.5) is 10.8 Å². The molecule has 3 rings (SSSR count). The SMILES string of the molecule is CN1CCN(C(=S)Nc2nc3ccc([N+](=O)[O-])cc3s2)CC1. The Morgan fingerprint density at radius 3 is 2.82 bits per heavy atom. The van der Waals surface area contributed by atoms with Crippen molar-refractivity contribution in [2.24, 2.45) is 0 Å². The molecule has 1 aliphatic rings. The number of hydrogen-bond acceptors (Lipinski definition) is 6. The number of nitro groups is 1. The molecule has 0 amide bonds. The van der Waals surface area contributed by atoms with Crippen molar-refractivity contribution in [1.82, 2.24) is 14.8 Å². The van der Waals surface area contributed by atoms with E-state index < -0.39 is 4.92 Å². The van der Waals surface area contributed by atoms with Crippen LogP contribution in [0.5, 0.6) is 0 Å². The fourth-order valence-corrected chi connectivity index (χ4v) is 3.50. The number of fused-ring (bicyclic) bond motifs is 1. The third-order valence-corrected chi connectivity index (χ3v) is 4.88. The summed E-state index contributed by atoms with van der Waals surface area (Å²) in [5.41, 5.74) is 0.809. The van der Waals surface area contributed by atoms with Crippen molar-refractivity contribution in [2.45, 2.75) is 0 Å². The molecule has 1 saturated heterocycles. The summed E-state index contributed by atoms with van der Waals surface area (Å²) in [5.74, 6) is 0. The second-order valence-corrected chi connectivity index (χ2v) is 6.57. The van der Waals surface area contributed by atoms with Crippen molar-refractivity contribution in [3.63, 3.8) is 0 Å². The number of hydrogen-bond donors (Lipinski definition) is 1. The molecule has 0 spiro atoms. The van der Waals surface area contributed by atoms with Crippen molar-refractivity contribution < 1.29 is 4.92 Å². The van der Waals surface area contributed by atoms with Crippen LogP contribution in [0.1, 0.15) is 0 Å². The van der Waals surface area contributed by atoms with E-state index in [0.717, 1.165) is 36.4 Å². The second kappa shape index (κ2) is 6.11. The zero-order valence-electron chi connectivity index (χ0n) is 12.0. The maximum absolute atomic E-state index is 10.8. The van der Waals surface area contributed by atoms with E-state index in [2.05, 4.69) is 27.1 Å². The molecule has 22 heavy (non-hydrogen) atoms. The Morgan fingerprint density at radius 2 is 2.14 bits per heavy atom. The number of non-ortho nitro benzene ring substituents is 1. The Morgan fingerprint density at radius 1 is 1.41 bits per heavy atom. The van der Waals surface area contributed by atoms with E-state index in [9.17, 15) is 10.1 Å². The van der Waals surface area contributed by atoms with Gasteiger partial charge in [-0.1, -0.05) is 11.3 Å². The van der Waals surface area contributed by atoms with Crippen LogP contribution >= 0.6 is 23.6 Å². The maximum atomic E-state index is 10.8. The molecule has 0 bridgehead atoms. The van der Waals surface area contributed by atoms with Gasteiger partial charge in [0, 0.05) is 38.3 Å². The number of piperazine rings is 1. The smallest absolute Gasteiger partial charge is 0.270 e. The van der Waals surface area contributed by atoms with Gasteiger partial charge in [-0.2, -0.15) is 0 Å². The summed E-state index contributed by atoms with van der Waals surface area (Å²) < 4.78 is 0.776. The lowest BCUT2D eigenvalue weighted by Crippen LogP contribution is -2.48. The molecule has 1 aliphatic heterocycles. The number of likely N-dealkylation sites (N-methyl/N-ethyl adjacent to an activating group) is 1. The highest BCUT2D eigenvalue weighted by molar-refractivity contribution is 7.80. The first-order valence-corrected chi connectivity index (χ1v) is 8.05. The van der Waals surface area contributed by atoms with Crippen LogP contribution in [0.15, 0.2) is 18.2 Å². The van der Waals surface area contributed by atoms with Crippen LogP contribution in [0.2, 0.25) is 0 Å². The summed E-state index contributed by atoms with van der Waals surface area (Å²) in [5, 5.41) is 15.3. The van der Waals surface area contributed by atoms with E-state index in [-0.39, 0.29) is 5.69 Å². The lowest BCUT2D eigenvalue weighted by Gasteiger charge is -2.33. The predicted molar refractivity (Wildman–Crippen MR) is 91.6 cm³/mol. The van der Waals surface area contributed by atoms with Gasteiger partial charge in [-0.3, -0.25) is 10.1 Å². The molecule has 116 valence electrons. The summed E-state index contributed by atoms with van der Waals surface area (Å²) in [6.07, 6.45) is 0. The van der Waals surface area contributed by atoms with Crippen molar-refractivity contribution in [3.8, 4) is 0 Å². The molecule has 9 heteroatoms. The number of benzene rings is 1. The zero-order chi connectivity index (χ0) is 15.7. The summed E-state index contributed by atoms with van der Waals surface area (Å²) in [4.78, 5) is 19.2. The van der Waals surface area contributed by atoms with Crippen LogP contribution < -0.4 is 5.32 Å². The van der Waals surface area contributed by atoms with E-state index >= 15 is 0 Å². The highest BCUT2D eigenvalue weighted by atomic mass is 32.1. The van der Waals surface area contributed by atoms with Gasteiger partial charge >= 0.3 is 0 Å². The molecule has 0 atom stereocenters. The first-order valence-electron chi connectivity index (χ1n) is 6.82. The van der Waals surface area contributed by atoms with Gasteiger partial charge in [0.25, 0.3) is 5.69 Å². The Balaban J connectivity index is 1.73. The number of aromatic nitrogens is 1. The minimum absolute atomic E-state index is 0.0735. The number of thiazole rings is 1. The first-order chi connectivity index (χ1) is 10.5. The summed E-state index contributed by atoms with van der Waals surface area (Å²) >= 11 is 6.79. The van der Waals surface area contributed by atoms with Crippen molar-refractivity contribution in [3.05, 3.63) is 28.3 Å². The van der Waals surface area contributed by atoms with Gasteiger partial charge in [0.1, 0.15) is 0 Å². The van der Waals surface area contributed by atoms with Gasteiger partial charge in [-0.05, 0) is 25.3 Å². The lowest BCUT2D eigenvalue weighted by atomic mass is 10.3. The average Bonchev–Trinajstić information content (AvgIpc) is 2.88. The molecule has 0 aliphatic carbocycles. The predicted octanol–water partition coefficient (Wildman–Crippen LogP) is 2.15. The van der Waals surface area contributed by atoms with Crippen molar-refractivity contribution >= 4 is 49.7 Å². The number of nitrogens with zero attached hydrogens (tertiary/aromatic N) is 4. The van der Waals surface area contributed by atoms with Gasteiger partial charge < -0.3 is 15.1 Å². The Kier molecular flexibility index (Phi) is 4.19. The van der Waals surface area contributed by atoms with E-state index in [1.54, 1.807) is 6.07 Å². The number of anilines is 1. The molecule has 0 saturated carbocycles. The minimum Gasteiger partial charge on any atom is -0.346 e. The molecule has 0 unspecified atom stereocenters. The van der Waals surface area contributed by atoms with Crippen LogP contribution in [0.3, 0.4) is 0 Å². The second-order valence-electron chi connectivity index (χ2n) is 5.15. The fourth-order valence-electron chi connectivity index (χ4n) is 2.26. The zero-order valence-corrected chi connectivity index (χ0v) is 13.6. The molecule has 0 radical (unpaired) electrons. The largest absolute Gasteiger partial charge is 0.346 e. The van der Waals surface area contributed by atoms with Gasteiger partial charge in [0.2, 0.25) is 0 Å². The topological polar surface area (TPSA) is 74.5 Å². The van der Waals surface area contributed by atoms with Crippen molar-refractivity contribution in [1.29, 1.82) is 0 Å². The van der Waals surface area contributed by atoms with Crippen LogP contribution in [0, 0.1) is 10.1 Å². The standard InChI is InChI=1S/C13H15N5O2S2/c1-16-4-6-17(7-5-16)13(21)15-12-14-10-3-2-9(18(19)20)8-11(10)22-12/h2-3,8H,4-7H2,1H3,(H,14,15,21). The summed E-state index contributed by atoms with van der Waals surface area (Å²) in [6.45, 7) is 3.74. The molecule has 1 fully saturated rings. The first kappa shape index (κ1) is 15.1. The molecule has 7 nitrogen and oxygen atoms in total. The minimum atomic E-state index is -0.402. The Hall–Kier alpha value is -1.84. The van der Waals surface area contributed by atoms with Gasteiger partial charge in [-0.25, -0.2) is 4.98 Å². The molecule has 2 aromatic rings. The lowest BCUT2D eigenvalue weighted by molar-refractivity contribution is -0.384. The third-order valence-electron chi connectivity index (χ3n) is 3.59. The molecule has 1 aromatic heterocycles. The van der Waals surface area contributed by atoms with Crippen molar-refractivity contribution in [2.75, 3.05) is 38.5 Å². The molecule has 1 N–H and O–H groups in total. The summed E-state index contributed by atoms with van der Waals surface area (Å²) in [6, 6.07) is 4.66. The molecule has 1 aromatic carbocycles. The van der Waals surface area contributed by atoms with E-state index in [1.807, 2.05) is 0 Å². The average molecular weight is 337 g/mol. The van der Waals surface area contributed by atoms with E-state index in [0.29, 0.717) is 10.2 Å². The Labute approximate surface area is 136 Å². The van der Waals surface area contributed by atoms with E-state index in [1.165, 1.54) is 23.5 Å².